The highest BCUT2D eigenvalue weighted by molar-refractivity contribution is 6.00. The molecule has 2 heteroatoms. The van der Waals surface area contributed by atoms with Gasteiger partial charge in [-0.25, -0.2) is 0 Å². The molecular formula is C11H12O2. The molecule has 68 valence electrons. The number of rotatable bonds is 3. The Bertz CT molecular complexity index is 276. The highest BCUT2D eigenvalue weighted by Crippen LogP contribution is 2.18. The van der Waals surface area contributed by atoms with Crippen LogP contribution in [0.2, 0.25) is 0 Å². The molecule has 0 N–H and O–H groups in total. The fourth-order valence-corrected chi connectivity index (χ4v) is 1.03. The van der Waals surface area contributed by atoms with Gasteiger partial charge in [0.2, 0.25) is 0 Å². The van der Waals surface area contributed by atoms with Crippen molar-refractivity contribution < 1.29 is 9.53 Å². The Hall–Kier alpha value is -1.33. The molecule has 0 saturated carbocycles. The van der Waals surface area contributed by atoms with Gasteiger partial charge in [-0.15, -0.1) is 12.3 Å². The van der Waals surface area contributed by atoms with Crippen molar-refractivity contribution in [1.82, 2.24) is 0 Å². The fourth-order valence-electron chi connectivity index (χ4n) is 1.03. The van der Waals surface area contributed by atoms with Crippen LogP contribution in [0.1, 0.15) is 13.3 Å². The van der Waals surface area contributed by atoms with E-state index in [4.69, 9.17) is 11.2 Å². The minimum atomic E-state index is -0.468. The van der Waals surface area contributed by atoms with Crippen molar-refractivity contribution >= 4 is 5.78 Å². The second-order valence-electron chi connectivity index (χ2n) is 3.06. The first-order chi connectivity index (χ1) is 6.16. The predicted molar refractivity (Wildman–Crippen MR) is 51.1 cm³/mol. The van der Waals surface area contributed by atoms with Crippen molar-refractivity contribution in [2.24, 2.45) is 0 Å². The van der Waals surface area contributed by atoms with E-state index in [9.17, 15) is 4.79 Å². The van der Waals surface area contributed by atoms with E-state index >= 15 is 0 Å². The molecule has 0 unspecified atom stereocenters. The number of allylic oxidation sites excluding steroid dienone is 2. The van der Waals surface area contributed by atoms with Gasteiger partial charge in [0.1, 0.15) is 5.60 Å². The van der Waals surface area contributed by atoms with E-state index in [1.165, 1.54) is 12.2 Å². The monoisotopic (exact) mass is 176 g/mol. The molecule has 0 bridgehead atoms. The van der Waals surface area contributed by atoms with E-state index in [-0.39, 0.29) is 5.78 Å². The fraction of sp³-hybridized carbons (Fsp3) is 0.364. The van der Waals surface area contributed by atoms with Crippen molar-refractivity contribution in [2.75, 3.05) is 6.61 Å². The molecule has 0 aromatic rings. The average Bonchev–Trinajstić information content (AvgIpc) is 2.12. The Labute approximate surface area is 78.3 Å². The predicted octanol–water partition coefficient (Wildman–Crippen LogP) is 1.48. The second kappa shape index (κ2) is 4.06. The third-order valence-corrected chi connectivity index (χ3v) is 1.82. The summed E-state index contributed by atoms with van der Waals surface area (Å²) in [6.07, 6.45) is 12.2. The van der Waals surface area contributed by atoms with Crippen molar-refractivity contribution in [2.45, 2.75) is 18.9 Å². The van der Waals surface area contributed by atoms with E-state index in [1.54, 1.807) is 12.2 Å². The average molecular weight is 176 g/mol. The zero-order chi connectivity index (χ0) is 9.73. The van der Waals surface area contributed by atoms with Crippen LogP contribution in [0.5, 0.6) is 0 Å². The van der Waals surface area contributed by atoms with Crippen molar-refractivity contribution in [3.05, 3.63) is 24.3 Å². The number of ether oxygens (including phenoxy) is 1. The number of hydrogen-bond acceptors (Lipinski definition) is 2. The van der Waals surface area contributed by atoms with E-state index in [0.29, 0.717) is 13.0 Å². The summed E-state index contributed by atoms with van der Waals surface area (Å²) in [6, 6.07) is 0. The van der Waals surface area contributed by atoms with Gasteiger partial charge in [-0.05, 0) is 31.2 Å². The Balaban J connectivity index is 2.49. The summed E-state index contributed by atoms with van der Waals surface area (Å²) in [4.78, 5) is 10.8. The van der Waals surface area contributed by atoms with Gasteiger partial charge < -0.3 is 4.74 Å². The number of terminal acetylenes is 1. The minimum Gasteiger partial charge on any atom is -0.366 e. The highest BCUT2D eigenvalue weighted by atomic mass is 16.5. The summed E-state index contributed by atoms with van der Waals surface area (Å²) >= 11 is 0. The van der Waals surface area contributed by atoms with Crippen molar-refractivity contribution in [1.29, 1.82) is 0 Å². The van der Waals surface area contributed by atoms with Crippen LogP contribution in [-0.4, -0.2) is 18.0 Å². The summed E-state index contributed by atoms with van der Waals surface area (Å²) in [5.74, 6) is 2.49. The molecule has 0 heterocycles. The van der Waals surface area contributed by atoms with Gasteiger partial charge in [-0.1, -0.05) is 0 Å². The molecule has 1 rings (SSSR count). The van der Waals surface area contributed by atoms with Crippen LogP contribution in [0.15, 0.2) is 24.3 Å². The first kappa shape index (κ1) is 9.76. The molecule has 0 aromatic heterocycles. The molecule has 0 fully saturated rings. The van der Waals surface area contributed by atoms with E-state index < -0.39 is 5.60 Å². The van der Waals surface area contributed by atoms with Crippen LogP contribution in [0.25, 0.3) is 0 Å². The van der Waals surface area contributed by atoms with Crippen LogP contribution in [-0.2, 0) is 9.53 Å². The van der Waals surface area contributed by atoms with E-state index in [0.717, 1.165) is 0 Å². The number of hydrogen-bond donors (Lipinski definition) is 0. The number of ketones is 1. The zero-order valence-electron chi connectivity index (χ0n) is 7.62. The topological polar surface area (TPSA) is 26.3 Å². The lowest BCUT2D eigenvalue weighted by Crippen LogP contribution is -2.26. The third-order valence-electron chi connectivity index (χ3n) is 1.82. The standard InChI is InChI=1S/C11H12O2/c1-3-4-9-13-11(2)7-5-10(12)6-8-11/h1,5-8H,4,9H2,2H3. The first-order valence-corrected chi connectivity index (χ1v) is 4.16. The molecule has 0 saturated heterocycles. The van der Waals surface area contributed by atoms with Gasteiger partial charge in [0, 0.05) is 6.42 Å². The van der Waals surface area contributed by atoms with Gasteiger partial charge in [0.05, 0.1) is 6.61 Å². The largest absolute Gasteiger partial charge is 0.366 e. The van der Waals surface area contributed by atoms with Gasteiger partial charge in [0.25, 0.3) is 0 Å². The Morgan fingerprint density at radius 3 is 2.69 bits per heavy atom. The Kier molecular flexibility index (Phi) is 3.05. The van der Waals surface area contributed by atoms with Crippen LogP contribution >= 0.6 is 0 Å². The first-order valence-electron chi connectivity index (χ1n) is 4.16. The van der Waals surface area contributed by atoms with Crippen molar-refractivity contribution in [3.8, 4) is 12.3 Å². The van der Waals surface area contributed by atoms with Gasteiger partial charge in [0.15, 0.2) is 5.78 Å². The molecule has 1 aliphatic rings. The van der Waals surface area contributed by atoms with Crippen LogP contribution in [0.3, 0.4) is 0 Å². The number of carbonyl (C=O) groups is 1. The number of carbonyl (C=O) groups excluding carboxylic acids is 1. The summed E-state index contributed by atoms with van der Waals surface area (Å²) < 4.78 is 5.49. The van der Waals surface area contributed by atoms with E-state index in [2.05, 4.69) is 5.92 Å². The minimum absolute atomic E-state index is 0.00183. The lowest BCUT2D eigenvalue weighted by molar-refractivity contribution is -0.110. The zero-order valence-corrected chi connectivity index (χ0v) is 7.62. The lowest BCUT2D eigenvalue weighted by atomic mass is 10.00. The normalized spacial score (nSPS) is 18.6. The maximum atomic E-state index is 10.8. The molecule has 13 heavy (non-hydrogen) atoms. The highest BCUT2D eigenvalue weighted by Gasteiger charge is 2.20. The summed E-state index contributed by atoms with van der Waals surface area (Å²) in [6.45, 7) is 2.40. The Morgan fingerprint density at radius 1 is 1.54 bits per heavy atom. The third kappa shape index (κ3) is 2.89. The second-order valence-corrected chi connectivity index (χ2v) is 3.06. The molecule has 0 radical (unpaired) electrons. The summed E-state index contributed by atoms with van der Waals surface area (Å²) in [5, 5.41) is 0. The van der Waals surface area contributed by atoms with Gasteiger partial charge in [-0.3, -0.25) is 4.79 Å². The molecule has 1 aliphatic carbocycles. The molecule has 0 atom stereocenters. The maximum Gasteiger partial charge on any atom is 0.178 e. The van der Waals surface area contributed by atoms with Crippen molar-refractivity contribution in [3.63, 3.8) is 0 Å². The van der Waals surface area contributed by atoms with Crippen LogP contribution < -0.4 is 0 Å². The molecule has 0 aliphatic heterocycles. The molecule has 0 spiro atoms. The molecule has 2 nitrogen and oxygen atoms in total. The van der Waals surface area contributed by atoms with Gasteiger partial charge >= 0.3 is 0 Å². The summed E-state index contributed by atoms with van der Waals surface area (Å²) in [5.41, 5.74) is -0.468. The Morgan fingerprint density at radius 2 is 2.15 bits per heavy atom. The van der Waals surface area contributed by atoms with Crippen LogP contribution in [0, 0.1) is 12.3 Å². The molecular weight excluding hydrogens is 164 g/mol. The van der Waals surface area contributed by atoms with E-state index in [1.807, 2.05) is 6.92 Å². The maximum absolute atomic E-state index is 10.8. The summed E-state index contributed by atoms with van der Waals surface area (Å²) in [7, 11) is 0. The van der Waals surface area contributed by atoms with Gasteiger partial charge in [-0.2, -0.15) is 0 Å². The SMILES string of the molecule is C#CCCOC1(C)C=CC(=O)C=C1. The lowest BCUT2D eigenvalue weighted by Gasteiger charge is -2.23. The molecule has 0 aromatic carbocycles. The molecule has 0 amide bonds. The smallest absolute Gasteiger partial charge is 0.178 e. The quantitative estimate of drug-likeness (QED) is 0.481. The van der Waals surface area contributed by atoms with Crippen LogP contribution in [0.4, 0.5) is 0 Å².